The molecule has 0 radical (unpaired) electrons. The van der Waals surface area contributed by atoms with Crippen molar-refractivity contribution in [2.45, 2.75) is 11.3 Å². The standard InChI is InChI=1S/C15H19NO4S/c1-16(2)9-4-10-20-13-8-7-12-5-3-6-15(14(12)11-13)21(17,18)19/h3,5-8,11H,4,9-10H2,1-2H3,(H,17,18,19). The van der Waals surface area contributed by atoms with Gasteiger partial charge in [0.1, 0.15) is 10.6 Å². The van der Waals surface area contributed by atoms with Crippen molar-refractivity contribution in [3.63, 3.8) is 0 Å². The van der Waals surface area contributed by atoms with E-state index in [0.717, 1.165) is 18.4 Å². The van der Waals surface area contributed by atoms with E-state index >= 15 is 0 Å². The second kappa shape index (κ2) is 6.43. The fourth-order valence-corrected chi connectivity index (χ4v) is 2.81. The van der Waals surface area contributed by atoms with Crippen LogP contribution in [0.25, 0.3) is 10.8 Å². The average molecular weight is 309 g/mol. The van der Waals surface area contributed by atoms with Crippen LogP contribution in [0, 0.1) is 0 Å². The van der Waals surface area contributed by atoms with Crippen molar-refractivity contribution in [1.82, 2.24) is 4.90 Å². The molecule has 0 atom stereocenters. The van der Waals surface area contributed by atoms with Gasteiger partial charge in [-0.25, -0.2) is 0 Å². The molecule has 0 aliphatic heterocycles. The summed E-state index contributed by atoms with van der Waals surface area (Å²) in [6.07, 6.45) is 0.880. The molecule has 2 rings (SSSR count). The van der Waals surface area contributed by atoms with E-state index in [0.29, 0.717) is 17.7 Å². The molecule has 0 spiro atoms. The zero-order valence-corrected chi connectivity index (χ0v) is 12.9. The normalized spacial score (nSPS) is 12.0. The van der Waals surface area contributed by atoms with Gasteiger partial charge in [-0.1, -0.05) is 18.2 Å². The second-order valence-corrected chi connectivity index (χ2v) is 6.51. The highest BCUT2D eigenvalue weighted by atomic mass is 32.2. The summed E-state index contributed by atoms with van der Waals surface area (Å²) in [5.41, 5.74) is 0. The van der Waals surface area contributed by atoms with Crippen molar-refractivity contribution >= 4 is 20.9 Å². The van der Waals surface area contributed by atoms with Crippen LogP contribution in [0.3, 0.4) is 0 Å². The van der Waals surface area contributed by atoms with Crippen LogP contribution >= 0.6 is 0 Å². The Morgan fingerprint density at radius 1 is 1.19 bits per heavy atom. The number of hydrogen-bond donors (Lipinski definition) is 1. The molecule has 2 aromatic carbocycles. The predicted molar refractivity (Wildman–Crippen MR) is 82.4 cm³/mol. The molecule has 6 heteroatoms. The minimum Gasteiger partial charge on any atom is -0.494 e. The fraction of sp³-hybridized carbons (Fsp3) is 0.333. The van der Waals surface area contributed by atoms with E-state index in [4.69, 9.17) is 4.74 Å². The summed E-state index contributed by atoms with van der Waals surface area (Å²) in [5, 5.41) is 1.20. The van der Waals surface area contributed by atoms with Gasteiger partial charge in [0.25, 0.3) is 10.1 Å². The van der Waals surface area contributed by atoms with Crippen LogP contribution in [0.5, 0.6) is 5.75 Å². The van der Waals surface area contributed by atoms with Crippen LogP contribution in [0.4, 0.5) is 0 Å². The second-order valence-electron chi connectivity index (χ2n) is 5.12. The third-order valence-corrected chi connectivity index (χ3v) is 4.02. The van der Waals surface area contributed by atoms with Gasteiger partial charge in [0.05, 0.1) is 6.61 Å². The van der Waals surface area contributed by atoms with Crippen molar-refractivity contribution < 1.29 is 17.7 Å². The van der Waals surface area contributed by atoms with Crippen molar-refractivity contribution in [3.05, 3.63) is 36.4 Å². The van der Waals surface area contributed by atoms with E-state index in [1.807, 2.05) is 14.1 Å². The molecule has 0 heterocycles. The van der Waals surface area contributed by atoms with Gasteiger partial charge in [-0.15, -0.1) is 0 Å². The first-order valence-corrected chi connectivity index (χ1v) is 8.10. The van der Waals surface area contributed by atoms with Gasteiger partial charge in [-0.05, 0) is 44.1 Å². The van der Waals surface area contributed by atoms with Gasteiger partial charge in [0.2, 0.25) is 0 Å². The van der Waals surface area contributed by atoms with Crippen LogP contribution < -0.4 is 4.74 Å². The van der Waals surface area contributed by atoms with Crippen molar-refractivity contribution in [1.29, 1.82) is 0 Å². The van der Waals surface area contributed by atoms with E-state index in [1.165, 1.54) is 6.07 Å². The Bertz CT molecular complexity index is 726. The molecule has 1 N–H and O–H groups in total. The number of hydrogen-bond acceptors (Lipinski definition) is 4. The van der Waals surface area contributed by atoms with E-state index in [1.54, 1.807) is 30.3 Å². The van der Waals surface area contributed by atoms with Gasteiger partial charge in [-0.3, -0.25) is 4.55 Å². The molecule has 0 fully saturated rings. The van der Waals surface area contributed by atoms with Gasteiger partial charge in [-0.2, -0.15) is 8.42 Å². The minimum absolute atomic E-state index is 0.0984. The summed E-state index contributed by atoms with van der Waals surface area (Å²) in [7, 11) is -0.256. The first-order chi connectivity index (χ1) is 9.88. The summed E-state index contributed by atoms with van der Waals surface area (Å²) in [6.45, 7) is 1.47. The molecular formula is C15H19NO4S. The van der Waals surface area contributed by atoms with Crippen LogP contribution in [-0.4, -0.2) is 45.1 Å². The number of benzene rings is 2. The van der Waals surface area contributed by atoms with Crippen LogP contribution in [0.1, 0.15) is 6.42 Å². The third kappa shape index (κ3) is 4.17. The molecule has 2 aromatic rings. The number of nitrogens with zero attached hydrogens (tertiary/aromatic N) is 1. The highest BCUT2D eigenvalue weighted by Gasteiger charge is 2.14. The Morgan fingerprint density at radius 3 is 2.62 bits per heavy atom. The molecule has 0 aliphatic rings. The molecule has 114 valence electrons. The summed E-state index contributed by atoms with van der Waals surface area (Å²) in [4.78, 5) is 1.97. The monoisotopic (exact) mass is 309 g/mol. The highest BCUT2D eigenvalue weighted by Crippen LogP contribution is 2.27. The molecule has 0 aromatic heterocycles. The molecule has 21 heavy (non-hydrogen) atoms. The fourth-order valence-electron chi connectivity index (χ4n) is 2.11. The molecule has 0 amide bonds. The van der Waals surface area contributed by atoms with Gasteiger partial charge < -0.3 is 9.64 Å². The van der Waals surface area contributed by atoms with Crippen molar-refractivity contribution in [2.24, 2.45) is 0 Å². The van der Waals surface area contributed by atoms with Crippen LogP contribution in [0.2, 0.25) is 0 Å². The Kier molecular flexibility index (Phi) is 4.82. The minimum atomic E-state index is -4.24. The number of fused-ring (bicyclic) bond motifs is 1. The maximum atomic E-state index is 11.4. The van der Waals surface area contributed by atoms with Crippen molar-refractivity contribution in [3.8, 4) is 5.75 Å². The summed E-state index contributed by atoms with van der Waals surface area (Å²) >= 11 is 0. The zero-order valence-electron chi connectivity index (χ0n) is 12.1. The molecule has 0 aliphatic carbocycles. The molecule has 5 nitrogen and oxygen atoms in total. The Morgan fingerprint density at radius 2 is 1.95 bits per heavy atom. The Hall–Kier alpha value is -1.63. The predicted octanol–water partition coefficient (Wildman–Crippen LogP) is 2.42. The number of ether oxygens (including phenoxy) is 1. The quantitative estimate of drug-likeness (QED) is 0.655. The third-order valence-electron chi connectivity index (χ3n) is 3.11. The lowest BCUT2D eigenvalue weighted by Gasteiger charge is -2.11. The Balaban J connectivity index is 2.24. The summed E-state index contributed by atoms with van der Waals surface area (Å²) in [6, 6.07) is 10.0. The maximum absolute atomic E-state index is 11.4. The Labute approximate surface area is 124 Å². The molecular weight excluding hydrogens is 290 g/mol. The lowest BCUT2D eigenvalue weighted by atomic mass is 10.1. The lowest BCUT2D eigenvalue weighted by Crippen LogP contribution is -2.15. The van der Waals surface area contributed by atoms with E-state index < -0.39 is 10.1 Å². The van der Waals surface area contributed by atoms with E-state index in [2.05, 4.69) is 4.90 Å². The first-order valence-electron chi connectivity index (χ1n) is 6.66. The SMILES string of the molecule is CN(C)CCCOc1ccc2cccc(S(=O)(=O)O)c2c1. The van der Waals surface area contributed by atoms with Crippen LogP contribution in [0.15, 0.2) is 41.3 Å². The topological polar surface area (TPSA) is 66.8 Å². The molecule has 0 saturated carbocycles. The van der Waals surface area contributed by atoms with Crippen molar-refractivity contribution in [2.75, 3.05) is 27.2 Å². The van der Waals surface area contributed by atoms with Gasteiger partial charge >= 0.3 is 0 Å². The summed E-state index contributed by atoms with van der Waals surface area (Å²) < 4.78 is 37.7. The molecule has 0 bridgehead atoms. The smallest absolute Gasteiger partial charge is 0.295 e. The van der Waals surface area contributed by atoms with E-state index in [9.17, 15) is 13.0 Å². The van der Waals surface area contributed by atoms with Gasteiger partial charge in [0, 0.05) is 11.9 Å². The molecule has 0 saturated heterocycles. The lowest BCUT2D eigenvalue weighted by molar-refractivity contribution is 0.282. The van der Waals surface area contributed by atoms with E-state index in [-0.39, 0.29) is 4.90 Å². The van der Waals surface area contributed by atoms with Gasteiger partial charge in [0.15, 0.2) is 0 Å². The summed E-state index contributed by atoms with van der Waals surface area (Å²) in [5.74, 6) is 0.595. The zero-order chi connectivity index (χ0) is 15.5. The number of rotatable bonds is 6. The average Bonchev–Trinajstić information content (AvgIpc) is 2.41. The maximum Gasteiger partial charge on any atom is 0.295 e. The van der Waals surface area contributed by atoms with Crippen LogP contribution in [-0.2, 0) is 10.1 Å². The first kappa shape index (κ1) is 15.8. The highest BCUT2D eigenvalue weighted by molar-refractivity contribution is 7.86. The molecule has 0 unspecified atom stereocenters. The largest absolute Gasteiger partial charge is 0.494 e.